The van der Waals surface area contributed by atoms with Gasteiger partial charge in [0, 0.05) is 32.2 Å². The number of piperazine rings is 1. The van der Waals surface area contributed by atoms with E-state index in [0.29, 0.717) is 17.7 Å². The first-order valence-electron chi connectivity index (χ1n) is 7.29. The van der Waals surface area contributed by atoms with E-state index in [1.807, 2.05) is 18.2 Å². The lowest BCUT2D eigenvalue weighted by atomic mass is 9.99. The van der Waals surface area contributed by atoms with Gasteiger partial charge in [0.05, 0.1) is 7.11 Å². The third-order valence-corrected chi connectivity index (χ3v) is 4.14. The Balaban J connectivity index is 2.09. The van der Waals surface area contributed by atoms with Crippen LogP contribution in [0.4, 0.5) is 0 Å². The predicted molar refractivity (Wildman–Crippen MR) is 81.2 cm³/mol. The third kappa shape index (κ3) is 3.44. The molecule has 4 heteroatoms. The summed E-state index contributed by atoms with van der Waals surface area (Å²) in [6.07, 6.45) is 0. The monoisotopic (exact) mass is 278 g/mol. The molecule has 1 aromatic carbocycles. The molecule has 1 aliphatic rings. The van der Waals surface area contributed by atoms with E-state index in [2.05, 4.69) is 30.7 Å². The summed E-state index contributed by atoms with van der Waals surface area (Å²) in [6.45, 7) is 8.73. The Labute approximate surface area is 122 Å². The van der Waals surface area contributed by atoms with E-state index in [-0.39, 0.29) is 5.75 Å². The SMILES string of the molecule is COc1ccc(CN2CCN(C)CC2C(C)C)cc1O. The highest BCUT2D eigenvalue weighted by Gasteiger charge is 2.27. The molecule has 1 saturated heterocycles. The van der Waals surface area contributed by atoms with Gasteiger partial charge >= 0.3 is 0 Å². The van der Waals surface area contributed by atoms with Crippen LogP contribution in [0.15, 0.2) is 18.2 Å². The number of hydrogen-bond donors (Lipinski definition) is 1. The molecule has 0 radical (unpaired) electrons. The van der Waals surface area contributed by atoms with Gasteiger partial charge < -0.3 is 14.7 Å². The minimum absolute atomic E-state index is 0.222. The first-order valence-corrected chi connectivity index (χ1v) is 7.29. The van der Waals surface area contributed by atoms with Crippen LogP contribution in [0.1, 0.15) is 19.4 Å². The summed E-state index contributed by atoms with van der Waals surface area (Å²) in [5.74, 6) is 1.39. The molecule has 0 aliphatic carbocycles. The Morgan fingerprint density at radius 2 is 2.10 bits per heavy atom. The fraction of sp³-hybridized carbons (Fsp3) is 0.625. The molecule has 1 unspecified atom stereocenters. The first kappa shape index (κ1) is 15.1. The highest BCUT2D eigenvalue weighted by molar-refractivity contribution is 5.41. The van der Waals surface area contributed by atoms with Crippen LogP contribution in [-0.4, -0.2) is 54.7 Å². The standard InChI is InChI=1S/C16H26N2O2/c1-12(2)14-11-17(3)7-8-18(14)10-13-5-6-16(20-4)15(19)9-13/h5-6,9,12,14,19H,7-8,10-11H2,1-4H3. The number of phenolic OH excluding ortho intramolecular Hbond substituents is 1. The van der Waals surface area contributed by atoms with Gasteiger partial charge in [-0.25, -0.2) is 0 Å². The Morgan fingerprint density at radius 1 is 1.35 bits per heavy atom. The molecule has 1 atom stereocenters. The van der Waals surface area contributed by atoms with Crippen LogP contribution in [0.25, 0.3) is 0 Å². The third-order valence-electron chi connectivity index (χ3n) is 4.14. The van der Waals surface area contributed by atoms with Crippen molar-refractivity contribution in [2.75, 3.05) is 33.8 Å². The van der Waals surface area contributed by atoms with Gasteiger partial charge in [0.2, 0.25) is 0 Å². The summed E-state index contributed by atoms with van der Waals surface area (Å²) in [5.41, 5.74) is 1.14. The van der Waals surface area contributed by atoms with Crippen LogP contribution in [-0.2, 0) is 6.54 Å². The maximum Gasteiger partial charge on any atom is 0.160 e. The van der Waals surface area contributed by atoms with Crippen LogP contribution in [0, 0.1) is 5.92 Å². The molecule has 1 aromatic rings. The topological polar surface area (TPSA) is 35.9 Å². The quantitative estimate of drug-likeness (QED) is 0.915. The summed E-state index contributed by atoms with van der Waals surface area (Å²) in [5, 5.41) is 9.89. The van der Waals surface area contributed by atoms with Crippen LogP contribution in [0.2, 0.25) is 0 Å². The van der Waals surface area contributed by atoms with E-state index < -0.39 is 0 Å². The Kier molecular flexibility index (Phi) is 4.89. The van der Waals surface area contributed by atoms with E-state index in [9.17, 15) is 5.11 Å². The summed E-state index contributed by atoms with van der Waals surface area (Å²) < 4.78 is 5.09. The summed E-state index contributed by atoms with van der Waals surface area (Å²) in [7, 11) is 3.76. The Bertz CT molecular complexity index is 448. The van der Waals surface area contributed by atoms with Crippen LogP contribution >= 0.6 is 0 Å². The lowest BCUT2D eigenvalue weighted by molar-refractivity contribution is 0.0570. The van der Waals surface area contributed by atoms with Crippen LogP contribution in [0.3, 0.4) is 0 Å². The van der Waals surface area contributed by atoms with Crippen molar-refractivity contribution in [3.05, 3.63) is 23.8 Å². The first-order chi connectivity index (χ1) is 9.51. The zero-order valence-corrected chi connectivity index (χ0v) is 13.0. The van der Waals surface area contributed by atoms with Gasteiger partial charge in [0.25, 0.3) is 0 Å². The normalized spacial score (nSPS) is 21.4. The van der Waals surface area contributed by atoms with Crippen molar-refractivity contribution in [3.8, 4) is 11.5 Å². The summed E-state index contributed by atoms with van der Waals surface area (Å²) >= 11 is 0. The fourth-order valence-electron chi connectivity index (χ4n) is 2.89. The van der Waals surface area contributed by atoms with Crippen molar-refractivity contribution in [2.45, 2.75) is 26.4 Å². The maximum absolute atomic E-state index is 9.89. The molecule has 0 amide bonds. The summed E-state index contributed by atoms with van der Waals surface area (Å²) in [6, 6.07) is 6.26. The molecule has 1 heterocycles. The van der Waals surface area contributed by atoms with Crippen molar-refractivity contribution in [3.63, 3.8) is 0 Å². The molecule has 0 saturated carbocycles. The van der Waals surface area contributed by atoms with Gasteiger partial charge in [0.15, 0.2) is 11.5 Å². The molecule has 112 valence electrons. The van der Waals surface area contributed by atoms with E-state index >= 15 is 0 Å². The number of methoxy groups -OCH3 is 1. The van der Waals surface area contributed by atoms with Crippen molar-refractivity contribution in [1.29, 1.82) is 0 Å². The van der Waals surface area contributed by atoms with E-state index in [1.54, 1.807) is 7.11 Å². The molecule has 20 heavy (non-hydrogen) atoms. The lowest BCUT2D eigenvalue weighted by Gasteiger charge is -2.42. The number of benzene rings is 1. The van der Waals surface area contributed by atoms with Crippen LogP contribution in [0.5, 0.6) is 11.5 Å². The number of rotatable bonds is 4. The minimum Gasteiger partial charge on any atom is -0.504 e. The molecule has 0 spiro atoms. The van der Waals surface area contributed by atoms with Gasteiger partial charge in [-0.3, -0.25) is 4.90 Å². The van der Waals surface area contributed by atoms with Crippen LogP contribution < -0.4 is 4.74 Å². The van der Waals surface area contributed by atoms with E-state index in [1.165, 1.54) is 0 Å². The van der Waals surface area contributed by atoms with Crippen molar-refractivity contribution < 1.29 is 9.84 Å². The smallest absolute Gasteiger partial charge is 0.160 e. The van der Waals surface area contributed by atoms with Gasteiger partial charge in [-0.15, -0.1) is 0 Å². The molecule has 1 N–H and O–H groups in total. The van der Waals surface area contributed by atoms with Gasteiger partial charge in [-0.2, -0.15) is 0 Å². The fourth-order valence-corrected chi connectivity index (χ4v) is 2.89. The van der Waals surface area contributed by atoms with Gasteiger partial charge in [-0.1, -0.05) is 19.9 Å². The van der Waals surface area contributed by atoms with Gasteiger partial charge in [-0.05, 0) is 30.7 Å². The van der Waals surface area contributed by atoms with Crippen molar-refractivity contribution >= 4 is 0 Å². The second-order valence-corrected chi connectivity index (χ2v) is 6.05. The van der Waals surface area contributed by atoms with E-state index in [4.69, 9.17) is 4.74 Å². The number of phenols is 1. The molecule has 1 fully saturated rings. The zero-order valence-electron chi connectivity index (χ0n) is 13.0. The molecule has 0 aromatic heterocycles. The molecule has 0 bridgehead atoms. The molecular formula is C16H26N2O2. The van der Waals surface area contributed by atoms with Gasteiger partial charge in [0.1, 0.15) is 0 Å². The molecule has 1 aliphatic heterocycles. The second kappa shape index (κ2) is 6.46. The summed E-state index contributed by atoms with van der Waals surface area (Å²) in [4.78, 5) is 4.92. The number of hydrogen-bond acceptors (Lipinski definition) is 4. The molecular weight excluding hydrogens is 252 g/mol. The minimum atomic E-state index is 0.222. The van der Waals surface area contributed by atoms with Crippen molar-refractivity contribution in [1.82, 2.24) is 9.80 Å². The number of aromatic hydroxyl groups is 1. The second-order valence-electron chi connectivity index (χ2n) is 6.05. The maximum atomic E-state index is 9.89. The largest absolute Gasteiger partial charge is 0.504 e. The zero-order chi connectivity index (χ0) is 14.7. The van der Waals surface area contributed by atoms with Crippen molar-refractivity contribution in [2.24, 2.45) is 5.92 Å². The highest BCUT2D eigenvalue weighted by atomic mass is 16.5. The average Bonchev–Trinajstić information content (AvgIpc) is 2.41. The Hall–Kier alpha value is -1.26. The highest BCUT2D eigenvalue weighted by Crippen LogP contribution is 2.28. The number of nitrogens with zero attached hydrogens (tertiary/aromatic N) is 2. The number of ether oxygens (including phenoxy) is 1. The lowest BCUT2D eigenvalue weighted by Crippen LogP contribution is -2.53. The Morgan fingerprint density at radius 3 is 2.70 bits per heavy atom. The predicted octanol–water partition coefficient (Wildman–Crippen LogP) is 2.17. The van der Waals surface area contributed by atoms with E-state index in [0.717, 1.165) is 31.7 Å². The molecule has 4 nitrogen and oxygen atoms in total. The molecule has 2 rings (SSSR count). The number of likely N-dealkylation sites (N-methyl/N-ethyl adjacent to an activating group) is 1. The average molecular weight is 278 g/mol.